The molecule has 3 aromatic carbocycles. The van der Waals surface area contributed by atoms with Gasteiger partial charge in [-0.1, -0.05) is 49.8 Å². The first kappa shape index (κ1) is 23.9. The van der Waals surface area contributed by atoms with Gasteiger partial charge in [-0.2, -0.15) is 0 Å². The van der Waals surface area contributed by atoms with Crippen LogP contribution in [0.1, 0.15) is 48.4 Å². The fourth-order valence-corrected chi connectivity index (χ4v) is 4.20. The molecule has 0 aromatic heterocycles. The van der Waals surface area contributed by atoms with Crippen molar-refractivity contribution < 1.29 is 31.1 Å². The van der Waals surface area contributed by atoms with Crippen molar-refractivity contribution in [3.63, 3.8) is 0 Å². The van der Waals surface area contributed by atoms with Crippen molar-refractivity contribution in [3.05, 3.63) is 88.2 Å². The standard InChI is InChI=1S/C27H22F6O/c1-2-3-4-16-5-7-17(8-6-16)18-9-11-21-20(13-18)15-23(29)25(26(21)30)19-10-12-24(22(28)14-19)34-27(31,32)33/h5-8,10,12-15H,2-4,9,11H2,1H3. The summed E-state index contributed by atoms with van der Waals surface area (Å²) in [7, 11) is 0. The number of benzene rings is 3. The van der Waals surface area contributed by atoms with E-state index in [1.54, 1.807) is 6.08 Å². The zero-order chi connectivity index (χ0) is 24.5. The van der Waals surface area contributed by atoms with Gasteiger partial charge in [-0.05, 0) is 77.3 Å². The van der Waals surface area contributed by atoms with E-state index in [4.69, 9.17) is 0 Å². The van der Waals surface area contributed by atoms with E-state index in [0.29, 0.717) is 30.5 Å². The minimum absolute atomic E-state index is 0.206. The molecule has 0 amide bonds. The van der Waals surface area contributed by atoms with Gasteiger partial charge in [0.05, 0.1) is 5.56 Å². The Kier molecular flexibility index (Phi) is 6.73. The van der Waals surface area contributed by atoms with Crippen LogP contribution in [0.25, 0.3) is 22.8 Å². The number of hydrogen-bond donors (Lipinski definition) is 0. The summed E-state index contributed by atoms with van der Waals surface area (Å²) in [4.78, 5) is 0. The lowest BCUT2D eigenvalue weighted by Crippen LogP contribution is -2.18. The number of allylic oxidation sites excluding steroid dienone is 1. The number of unbranched alkanes of at least 4 members (excludes halogenated alkanes) is 1. The van der Waals surface area contributed by atoms with Crippen LogP contribution >= 0.6 is 0 Å². The summed E-state index contributed by atoms with van der Waals surface area (Å²) in [6.45, 7) is 2.14. The summed E-state index contributed by atoms with van der Waals surface area (Å²) >= 11 is 0. The number of alkyl halides is 3. The molecule has 0 unspecified atom stereocenters. The minimum Gasteiger partial charge on any atom is -0.403 e. The van der Waals surface area contributed by atoms with E-state index in [1.165, 1.54) is 11.6 Å². The second-order valence-electron chi connectivity index (χ2n) is 8.28. The topological polar surface area (TPSA) is 9.23 Å². The van der Waals surface area contributed by atoms with Crippen molar-refractivity contribution in [2.75, 3.05) is 0 Å². The molecule has 0 fully saturated rings. The zero-order valence-corrected chi connectivity index (χ0v) is 18.4. The Morgan fingerprint density at radius 3 is 2.21 bits per heavy atom. The molecule has 7 heteroatoms. The van der Waals surface area contributed by atoms with Crippen molar-refractivity contribution in [3.8, 4) is 16.9 Å². The molecule has 1 aliphatic rings. The van der Waals surface area contributed by atoms with Gasteiger partial charge in [-0.25, -0.2) is 13.2 Å². The van der Waals surface area contributed by atoms with Crippen molar-refractivity contribution in [1.82, 2.24) is 0 Å². The largest absolute Gasteiger partial charge is 0.573 e. The first-order chi connectivity index (χ1) is 16.2. The minimum atomic E-state index is -5.08. The van der Waals surface area contributed by atoms with Crippen LogP contribution in [0.5, 0.6) is 5.75 Å². The van der Waals surface area contributed by atoms with Crippen LogP contribution in [0.15, 0.2) is 48.5 Å². The Balaban J connectivity index is 1.65. The van der Waals surface area contributed by atoms with Gasteiger partial charge in [0, 0.05) is 0 Å². The van der Waals surface area contributed by atoms with E-state index in [9.17, 15) is 22.0 Å². The van der Waals surface area contributed by atoms with Crippen LogP contribution in [0.4, 0.5) is 26.3 Å². The third-order valence-electron chi connectivity index (χ3n) is 5.92. The average molecular weight is 476 g/mol. The lowest BCUT2D eigenvalue weighted by Gasteiger charge is -2.20. The molecule has 0 heterocycles. The summed E-state index contributed by atoms with van der Waals surface area (Å²) in [6, 6.07) is 11.7. The van der Waals surface area contributed by atoms with E-state index in [-0.39, 0.29) is 11.1 Å². The number of rotatable bonds is 6. The Hall–Kier alpha value is -3.22. The Labute approximate surface area is 193 Å². The van der Waals surface area contributed by atoms with Gasteiger partial charge in [0.25, 0.3) is 0 Å². The van der Waals surface area contributed by atoms with Gasteiger partial charge in [-0.15, -0.1) is 13.2 Å². The number of hydrogen-bond acceptors (Lipinski definition) is 1. The van der Waals surface area contributed by atoms with Crippen LogP contribution in [0.2, 0.25) is 0 Å². The monoisotopic (exact) mass is 476 g/mol. The molecule has 3 aromatic rings. The van der Waals surface area contributed by atoms with E-state index in [0.717, 1.165) is 36.5 Å². The molecule has 4 rings (SSSR count). The molecule has 0 saturated carbocycles. The van der Waals surface area contributed by atoms with Gasteiger partial charge < -0.3 is 4.74 Å². The van der Waals surface area contributed by atoms with Gasteiger partial charge >= 0.3 is 6.36 Å². The molecule has 34 heavy (non-hydrogen) atoms. The van der Waals surface area contributed by atoms with Gasteiger partial charge in [0.15, 0.2) is 11.6 Å². The molecule has 1 aliphatic carbocycles. The normalized spacial score (nSPS) is 13.4. The predicted molar refractivity (Wildman–Crippen MR) is 120 cm³/mol. The molecule has 0 atom stereocenters. The van der Waals surface area contributed by atoms with Crippen molar-refractivity contribution in [2.24, 2.45) is 0 Å². The Morgan fingerprint density at radius 2 is 1.56 bits per heavy atom. The predicted octanol–water partition coefficient (Wildman–Crippen LogP) is 8.50. The number of fused-ring (bicyclic) bond motifs is 1. The molecule has 0 spiro atoms. The van der Waals surface area contributed by atoms with Crippen molar-refractivity contribution in [2.45, 2.75) is 45.4 Å². The molecule has 0 aliphatic heterocycles. The van der Waals surface area contributed by atoms with Crippen LogP contribution in [0.3, 0.4) is 0 Å². The molecule has 0 saturated heterocycles. The summed E-state index contributed by atoms with van der Waals surface area (Å²) in [5.74, 6) is -4.20. The van der Waals surface area contributed by atoms with Gasteiger partial charge in [0.2, 0.25) is 0 Å². The van der Waals surface area contributed by atoms with Crippen molar-refractivity contribution in [1.29, 1.82) is 0 Å². The second-order valence-corrected chi connectivity index (χ2v) is 8.28. The maximum absolute atomic E-state index is 15.3. The van der Waals surface area contributed by atoms with E-state index >= 15 is 4.39 Å². The second kappa shape index (κ2) is 9.57. The summed E-state index contributed by atoms with van der Waals surface area (Å²) < 4.78 is 85.0. The SMILES string of the molecule is CCCCc1ccc(C2=Cc3cc(F)c(-c4ccc(OC(F)(F)F)c(F)c4)c(F)c3CC2)cc1. The van der Waals surface area contributed by atoms with Crippen molar-refractivity contribution >= 4 is 11.6 Å². The first-order valence-corrected chi connectivity index (χ1v) is 11.0. The Bertz CT molecular complexity index is 1230. The maximum atomic E-state index is 15.3. The third-order valence-corrected chi connectivity index (χ3v) is 5.92. The number of halogens is 6. The number of aryl methyl sites for hydroxylation is 1. The quantitative estimate of drug-likeness (QED) is 0.324. The molecule has 178 valence electrons. The number of ether oxygens (including phenoxy) is 1. The van der Waals surface area contributed by atoms with E-state index < -0.39 is 35.1 Å². The Morgan fingerprint density at radius 1 is 0.853 bits per heavy atom. The first-order valence-electron chi connectivity index (χ1n) is 11.0. The average Bonchev–Trinajstić information content (AvgIpc) is 2.78. The highest BCUT2D eigenvalue weighted by Gasteiger charge is 2.32. The summed E-state index contributed by atoms with van der Waals surface area (Å²) in [6.07, 6.45) is 0.744. The van der Waals surface area contributed by atoms with E-state index in [2.05, 4.69) is 23.8 Å². The lowest BCUT2D eigenvalue weighted by molar-refractivity contribution is -0.275. The van der Waals surface area contributed by atoms with Crippen LogP contribution in [-0.4, -0.2) is 6.36 Å². The van der Waals surface area contributed by atoms with Gasteiger partial charge in [-0.3, -0.25) is 0 Å². The highest BCUT2D eigenvalue weighted by Crippen LogP contribution is 2.38. The van der Waals surface area contributed by atoms with Crippen LogP contribution < -0.4 is 4.74 Å². The molecule has 0 N–H and O–H groups in total. The smallest absolute Gasteiger partial charge is 0.403 e. The van der Waals surface area contributed by atoms with E-state index in [1.807, 2.05) is 12.1 Å². The lowest BCUT2D eigenvalue weighted by atomic mass is 9.86. The molecule has 0 bridgehead atoms. The molecular weight excluding hydrogens is 454 g/mol. The van der Waals surface area contributed by atoms with Gasteiger partial charge in [0.1, 0.15) is 11.6 Å². The third kappa shape index (κ3) is 5.13. The summed E-state index contributed by atoms with van der Waals surface area (Å²) in [5, 5.41) is 0. The van der Waals surface area contributed by atoms with Crippen LogP contribution in [-0.2, 0) is 12.8 Å². The highest BCUT2D eigenvalue weighted by atomic mass is 19.4. The molecular formula is C27H22F6O. The maximum Gasteiger partial charge on any atom is 0.573 e. The highest BCUT2D eigenvalue weighted by molar-refractivity contribution is 5.85. The zero-order valence-electron chi connectivity index (χ0n) is 18.4. The fourth-order valence-electron chi connectivity index (χ4n) is 4.20. The van der Waals surface area contributed by atoms with Crippen LogP contribution in [0, 0.1) is 17.5 Å². The summed E-state index contributed by atoms with van der Waals surface area (Å²) in [5.41, 5.74) is 3.18. The fraction of sp³-hybridized carbons (Fsp3) is 0.259. The molecule has 1 nitrogen and oxygen atoms in total. The molecule has 0 radical (unpaired) electrons.